The highest BCUT2D eigenvalue weighted by molar-refractivity contribution is 7.80. The van der Waals surface area contributed by atoms with Crippen LogP contribution in [0.15, 0.2) is 30.3 Å². The van der Waals surface area contributed by atoms with Gasteiger partial charge in [0, 0.05) is 6.54 Å². The molecule has 2 bridgehead atoms. The van der Waals surface area contributed by atoms with Gasteiger partial charge in [0.05, 0.1) is 6.04 Å². The van der Waals surface area contributed by atoms with Crippen LogP contribution < -0.4 is 0 Å². The first-order valence-electron chi connectivity index (χ1n) is 7.32. The summed E-state index contributed by atoms with van der Waals surface area (Å²) in [6.07, 6.45) is 0.693. The third-order valence-corrected chi connectivity index (χ3v) is 4.34. The Morgan fingerprint density at radius 1 is 1.25 bits per heavy atom. The Bertz CT molecular complexity index is 737. The minimum atomic E-state index is -4.80. The molecular formula is C14H16N2O7S. The smallest absolute Gasteiger partial charge is 0.418 e. The SMILES string of the molecule is O=C(OCc1ccccc1)[C@@H]1CC[C@@H]2CN1C(=O)N2OS(=O)(=O)O. The molecular weight excluding hydrogens is 340 g/mol. The summed E-state index contributed by atoms with van der Waals surface area (Å²) in [7, 11) is -4.80. The Hall–Kier alpha value is -2.17. The molecule has 2 saturated heterocycles. The second-order valence-corrected chi connectivity index (χ2v) is 6.61. The highest BCUT2D eigenvalue weighted by atomic mass is 32.3. The number of carbonyl (C=O) groups excluding carboxylic acids is 2. The van der Waals surface area contributed by atoms with E-state index < -0.39 is 34.5 Å². The van der Waals surface area contributed by atoms with Crippen LogP contribution in [-0.2, 0) is 30.8 Å². The molecule has 130 valence electrons. The van der Waals surface area contributed by atoms with Gasteiger partial charge in [-0.25, -0.2) is 9.59 Å². The summed E-state index contributed by atoms with van der Waals surface area (Å²) in [5, 5.41) is 0.597. The number of rotatable bonds is 5. The van der Waals surface area contributed by atoms with Crippen molar-refractivity contribution in [2.24, 2.45) is 0 Å². The predicted octanol–water partition coefficient (Wildman–Crippen LogP) is 0.733. The average molecular weight is 356 g/mol. The zero-order valence-electron chi connectivity index (χ0n) is 12.6. The van der Waals surface area contributed by atoms with Crippen LogP contribution in [0.1, 0.15) is 18.4 Å². The summed E-state index contributed by atoms with van der Waals surface area (Å²) in [6, 6.07) is 7.01. The van der Waals surface area contributed by atoms with E-state index in [4.69, 9.17) is 9.29 Å². The van der Waals surface area contributed by atoms with Crippen LogP contribution in [0, 0.1) is 0 Å². The first-order valence-corrected chi connectivity index (χ1v) is 8.69. The van der Waals surface area contributed by atoms with Gasteiger partial charge in [0.15, 0.2) is 0 Å². The first-order chi connectivity index (χ1) is 11.3. The maximum absolute atomic E-state index is 12.3. The fraction of sp³-hybridized carbons (Fsp3) is 0.429. The number of hydrogen-bond donors (Lipinski definition) is 1. The molecule has 2 fully saturated rings. The molecule has 0 aromatic heterocycles. The maximum atomic E-state index is 12.3. The van der Waals surface area contributed by atoms with E-state index in [-0.39, 0.29) is 13.2 Å². The quantitative estimate of drug-likeness (QED) is 0.611. The van der Waals surface area contributed by atoms with Crippen molar-refractivity contribution in [1.82, 2.24) is 9.96 Å². The van der Waals surface area contributed by atoms with Crippen LogP contribution in [-0.4, -0.2) is 53.6 Å². The van der Waals surface area contributed by atoms with Gasteiger partial charge in [-0.3, -0.25) is 4.55 Å². The molecule has 2 amide bonds. The highest BCUT2D eigenvalue weighted by Gasteiger charge is 2.49. The number of esters is 1. The summed E-state index contributed by atoms with van der Waals surface area (Å²) in [6.45, 7) is 0.228. The number of hydrogen-bond acceptors (Lipinski definition) is 6. The van der Waals surface area contributed by atoms with E-state index in [2.05, 4.69) is 4.28 Å². The number of ether oxygens (including phenoxy) is 1. The van der Waals surface area contributed by atoms with E-state index in [1.807, 2.05) is 30.3 Å². The summed E-state index contributed by atoms with van der Waals surface area (Å²) in [5.41, 5.74) is 0.823. The molecule has 3 rings (SSSR count). The molecule has 10 heteroatoms. The number of amides is 2. The van der Waals surface area contributed by atoms with E-state index >= 15 is 0 Å². The standard InChI is InChI=1S/C14H16N2O7S/c17-13(22-9-10-4-2-1-3-5-10)12-7-6-11-8-15(12)14(18)16(11)23-24(19,20)21/h1-5,11-12H,6-9H2,(H,19,20,21)/t11-,12+/m1/s1. The van der Waals surface area contributed by atoms with Crippen LogP contribution in [0.2, 0.25) is 0 Å². The van der Waals surface area contributed by atoms with Crippen LogP contribution >= 0.6 is 0 Å². The first kappa shape index (κ1) is 16.7. The minimum Gasteiger partial charge on any atom is -0.459 e. The summed E-state index contributed by atoms with van der Waals surface area (Å²) in [4.78, 5) is 25.7. The van der Waals surface area contributed by atoms with Gasteiger partial charge in [-0.15, -0.1) is 4.28 Å². The van der Waals surface area contributed by atoms with Gasteiger partial charge in [-0.05, 0) is 18.4 Å². The van der Waals surface area contributed by atoms with Crippen LogP contribution in [0.4, 0.5) is 4.79 Å². The van der Waals surface area contributed by atoms with Crippen LogP contribution in [0.5, 0.6) is 0 Å². The zero-order valence-corrected chi connectivity index (χ0v) is 13.4. The molecule has 2 aliphatic heterocycles. The lowest BCUT2D eigenvalue weighted by molar-refractivity contribution is -0.151. The number of benzene rings is 1. The highest BCUT2D eigenvalue weighted by Crippen LogP contribution is 2.31. The van der Waals surface area contributed by atoms with Crippen molar-refractivity contribution in [3.05, 3.63) is 35.9 Å². The van der Waals surface area contributed by atoms with Crippen molar-refractivity contribution in [3.8, 4) is 0 Å². The molecule has 0 spiro atoms. The zero-order chi connectivity index (χ0) is 17.3. The third kappa shape index (κ3) is 3.50. The van der Waals surface area contributed by atoms with Crippen molar-refractivity contribution < 1.29 is 31.6 Å². The second-order valence-electron chi connectivity index (χ2n) is 5.60. The maximum Gasteiger partial charge on any atom is 0.418 e. The number of hydroxylamine groups is 2. The van der Waals surface area contributed by atoms with Gasteiger partial charge in [-0.1, -0.05) is 30.3 Å². The Balaban J connectivity index is 1.64. The fourth-order valence-corrected chi connectivity index (χ4v) is 3.29. The molecule has 0 radical (unpaired) electrons. The van der Waals surface area contributed by atoms with E-state index in [1.54, 1.807) is 0 Å². The fourth-order valence-electron chi connectivity index (χ4n) is 2.90. The molecule has 0 unspecified atom stereocenters. The number of piperidine rings is 1. The van der Waals surface area contributed by atoms with Crippen LogP contribution in [0.25, 0.3) is 0 Å². The lowest BCUT2D eigenvalue weighted by atomic mass is 10.0. The molecule has 24 heavy (non-hydrogen) atoms. The Kier molecular flexibility index (Phi) is 4.43. The Morgan fingerprint density at radius 2 is 1.96 bits per heavy atom. The minimum absolute atomic E-state index is 0.0901. The van der Waals surface area contributed by atoms with Crippen LogP contribution in [0.3, 0.4) is 0 Å². The van der Waals surface area contributed by atoms with Crippen molar-refractivity contribution in [2.45, 2.75) is 31.5 Å². The monoisotopic (exact) mass is 356 g/mol. The van der Waals surface area contributed by atoms with Gasteiger partial charge >= 0.3 is 22.4 Å². The average Bonchev–Trinajstić information content (AvgIpc) is 2.77. The van der Waals surface area contributed by atoms with Gasteiger partial charge < -0.3 is 9.64 Å². The molecule has 1 aromatic carbocycles. The molecule has 9 nitrogen and oxygen atoms in total. The topological polar surface area (TPSA) is 113 Å². The molecule has 2 atom stereocenters. The van der Waals surface area contributed by atoms with Crippen molar-refractivity contribution in [1.29, 1.82) is 0 Å². The third-order valence-electron chi connectivity index (χ3n) is 3.99. The predicted molar refractivity (Wildman–Crippen MR) is 79.6 cm³/mol. The molecule has 1 N–H and O–H groups in total. The summed E-state index contributed by atoms with van der Waals surface area (Å²) < 4.78 is 39.9. The van der Waals surface area contributed by atoms with E-state index in [9.17, 15) is 18.0 Å². The molecule has 1 aromatic rings. The Morgan fingerprint density at radius 3 is 2.62 bits per heavy atom. The normalized spacial score (nSPS) is 23.5. The molecule has 2 heterocycles. The molecule has 0 aliphatic carbocycles. The van der Waals surface area contributed by atoms with Gasteiger partial charge in [0.1, 0.15) is 12.6 Å². The lowest BCUT2D eigenvalue weighted by Gasteiger charge is -2.28. The van der Waals surface area contributed by atoms with Crippen molar-refractivity contribution >= 4 is 22.4 Å². The van der Waals surface area contributed by atoms with E-state index in [1.165, 1.54) is 4.90 Å². The van der Waals surface area contributed by atoms with Gasteiger partial charge in [0.2, 0.25) is 0 Å². The number of nitrogens with zero attached hydrogens (tertiary/aromatic N) is 2. The number of urea groups is 1. The lowest BCUT2D eigenvalue weighted by Crippen LogP contribution is -2.45. The summed E-state index contributed by atoms with van der Waals surface area (Å²) in [5.74, 6) is -0.556. The molecule has 2 aliphatic rings. The van der Waals surface area contributed by atoms with Crippen molar-refractivity contribution in [3.63, 3.8) is 0 Å². The van der Waals surface area contributed by atoms with E-state index in [0.29, 0.717) is 17.9 Å². The van der Waals surface area contributed by atoms with Gasteiger partial charge in [-0.2, -0.15) is 13.5 Å². The second kappa shape index (κ2) is 6.38. The van der Waals surface area contributed by atoms with Gasteiger partial charge in [0.25, 0.3) is 0 Å². The Labute approximate surface area is 138 Å². The number of carbonyl (C=O) groups is 2. The molecule has 0 saturated carbocycles. The summed E-state index contributed by atoms with van der Waals surface area (Å²) >= 11 is 0. The van der Waals surface area contributed by atoms with E-state index in [0.717, 1.165) is 5.56 Å². The number of fused-ring (bicyclic) bond motifs is 2. The largest absolute Gasteiger partial charge is 0.459 e. The van der Waals surface area contributed by atoms with Crippen molar-refractivity contribution in [2.75, 3.05) is 6.54 Å².